The molecule has 1 unspecified atom stereocenters. The van der Waals surface area contributed by atoms with Crippen molar-refractivity contribution in [1.82, 2.24) is 19.7 Å². The lowest BCUT2D eigenvalue weighted by Gasteiger charge is -2.16. The van der Waals surface area contributed by atoms with Crippen LogP contribution in [0.2, 0.25) is 10.0 Å². The molecule has 0 saturated carbocycles. The Morgan fingerprint density at radius 1 is 1.15 bits per heavy atom. The maximum absolute atomic E-state index is 12.7. The third kappa shape index (κ3) is 4.27. The molecule has 0 fully saturated rings. The first-order chi connectivity index (χ1) is 12.5. The highest BCUT2D eigenvalue weighted by Crippen LogP contribution is 2.29. The van der Waals surface area contributed by atoms with Crippen molar-refractivity contribution in [3.8, 4) is 0 Å². The Labute approximate surface area is 163 Å². The number of alkyl halides is 3. The van der Waals surface area contributed by atoms with Crippen molar-refractivity contribution in [3.63, 3.8) is 0 Å². The van der Waals surface area contributed by atoms with Gasteiger partial charge in [0.15, 0.2) is 0 Å². The molecule has 1 atom stereocenters. The number of anilines is 1. The van der Waals surface area contributed by atoms with Crippen LogP contribution in [-0.2, 0) is 6.54 Å². The van der Waals surface area contributed by atoms with Gasteiger partial charge in [-0.25, -0.2) is 4.98 Å². The van der Waals surface area contributed by atoms with Gasteiger partial charge in [-0.1, -0.05) is 23.2 Å². The van der Waals surface area contributed by atoms with Gasteiger partial charge >= 0.3 is 6.18 Å². The highest BCUT2D eigenvalue weighted by Gasteiger charge is 2.30. The topological polar surface area (TPSA) is 55.6 Å². The van der Waals surface area contributed by atoms with Gasteiger partial charge in [0.25, 0.3) is 0 Å². The zero-order valence-corrected chi connectivity index (χ0v) is 16.2. The molecular weight excluding hydrogens is 402 g/mol. The van der Waals surface area contributed by atoms with E-state index < -0.39 is 12.7 Å². The number of hydrogen-bond donors (Lipinski definition) is 1. The van der Waals surface area contributed by atoms with Gasteiger partial charge in [-0.3, -0.25) is 9.67 Å². The number of halogens is 5. The standard InChI is InChI=1S/C17H16Cl2F3N5/c1-8(16-9(2)26-27(10(16)3)7-17(20,21)22)24-15-6-23-13-4-11(18)12(19)5-14(13)25-15/h4-6,8H,7H2,1-3H3,(H,24,25). The normalized spacial score (nSPS) is 13.2. The molecule has 0 bridgehead atoms. The van der Waals surface area contributed by atoms with Crippen molar-refractivity contribution in [2.45, 2.75) is 39.5 Å². The van der Waals surface area contributed by atoms with Crippen LogP contribution < -0.4 is 5.32 Å². The number of aromatic nitrogens is 4. The molecule has 0 amide bonds. The molecule has 2 heterocycles. The van der Waals surface area contributed by atoms with E-state index in [9.17, 15) is 13.2 Å². The first-order valence-corrected chi connectivity index (χ1v) is 8.79. The predicted octanol–water partition coefficient (Wildman–Crippen LogP) is 5.49. The molecule has 0 radical (unpaired) electrons. The van der Waals surface area contributed by atoms with Crippen LogP contribution in [0.4, 0.5) is 19.0 Å². The van der Waals surface area contributed by atoms with E-state index in [-0.39, 0.29) is 6.04 Å². The fourth-order valence-electron chi connectivity index (χ4n) is 3.03. The molecule has 0 spiro atoms. The van der Waals surface area contributed by atoms with Gasteiger partial charge in [-0.05, 0) is 32.9 Å². The van der Waals surface area contributed by atoms with Gasteiger partial charge in [-0.15, -0.1) is 0 Å². The van der Waals surface area contributed by atoms with Gasteiger partial charge in [0, 0.05) is 11.3 Å². The number of fused-ring (bicyclic) bond motifs is 1. The number of nitrogens with zero attached hydrogens (tertiary/aromatic N) is 4. The van der Waals surface area contributed by atoms with Crippen LogP contribution in [0.15, 0.2) is 18.3 Å². The molecule has 0 aliphatic carbocycles. The summed E-state index contributed by atoms with van der Waals surface area (Å²) in [5.41, 5.74) is 2.82. The van der Waals surface area contributed by atoms with E-state index in [4.69, 9.17) is 23.2 Å². The van der Waals surface area contributed by atoms with Crippen LogP contribution in [0.5, 0.6) is 0 Å². The minimum absolute atomic E-state index is 0.318. The Bertz CT molecular complexity index is 1000. The molecular formula is C17H16Cl2F3N5. The molecule has 1 aromatic carbocycles. The number of benzene rings is 1. The van der Waals surface area contributed by atoms with E-state index in [1.807, 2.05) is 6.92 Å². The SMILES string of the molecule is Cc1nn(CC(F)(F)F)c(C)c1C(C)Nc1cnc2cc(Cl)c(Cl)cc2n1. The molecule has 10 heteroatoms. The maximum atomic E-state index is 12.7. The Morgan fingerprint density at radius 2 is 1.78 bits per heavy atom. The van der Waals surface area contributed by atoms with Crippen LogP contribution in [0.25, 0.3) is 11.0 Å². The highest BCUT2D eigenvalue weighted by atomic mass is 35.5. The number of nitrogens with one attached hydrogen (secondary N) is 1. The van der Waals surface area contributed by atoms with Crippen molar-refractivity contribution in [1.29, 1.82) is 0 Å². The summed E-state index contributed by atoms with van der Waals surface area (Å²) in [7, 11) is 0. The van der Waals surface area contributed by atoms with E-state index >= 15 is 0 Å². The van der Waals surface area contributed by atoms with E-state index in [1.165, 1.54) is 6.20 Å². The van der Waals surface area contributed by atoms with Crippen LogP contribution in [0, 0.1) is 13.8 Å². The summed E-state index contributed by atoms with van der Waals surface area (Å²) in [4.78, 5) is 8.73. The Morgan fingerprint density at radius 3 is 2.41 bits per heavy atom. The van der Waals surface area contributed by atoms with Crippen molar-refractivity contribution in [2.75, 3.05) is 5.32 Å². The van der Waals surface area contributed by atoms with Crippen LogP contribution in [0.1, 0.15) is 29.9 Å². The molecule has 5 nitrogen and oxygen atoms in total. The van der Waals surface area contributed by atoms with Gasteiger partial charge in [0.05, 0.1) is 39.0 Å². The number of hydrogen-bond acceptors (Lipinski definition) is 4. The molecule has 27 heavy (non-hydrogen) atoms. The minimum atomic E-state index is -4.33. The quantitative estimate of drug-likeness (QED) is 0.609. The third-order valence-corrected chi connectivity index (χ3v) is 4.87. The molecule has 144 valence electrons. The lowest BCUT2D eigenvalue weighted by atomic mass is 10.1. The van der Waals surface area contributed by atoms with Crippen molar-refractivity contribution < 1.29 is 13.2 Å². The number of rotatable bonds is 4. The van der Waals surface area contributed by atoms with Gasteiger partial charge < -0.3 is 5.32 Å². The monoisotopic (exact) mass is 417 g/mol. The zero-order chi connectivity index (χ0) is 19.9. The first kappa shape index (κ1) is 19.7. The average molecular weight is 418 g/mol. The Kier molecular flexibility index (Phi) is 5.22. The van der Waals surface area contributed by atoms with E-state index in [2.05, 4.69) is 20.4 Å². The second-order valence-electron chi connectivity index (χ2n) is 6.23. The summed E-state index contributed by atoms with van der Waals surface area (Å²) < 4.78 is 39.1. The van der Waals surface area contributed by atoms with Gasteiger partial charge in [0.2, 0.25) is 0 Å². The third-order valence-electron chi connectivity index (χ3n) is 4.15. The molecule has 2 aromatic heterocycles. The second-order valence-corrected chi connectivity index (χ2v) is 7.05. The predicted molar refractivity (Wildman–Crippen MR) is 99.4 cm³/mol. The molecule has 0 aliphatic heterocycles. The van der Waals surface area contributed by atoms with Crippen molar-refractivity contribution in [3.05, 3.63) is 45.3 Å². The summed E-state index contributed by atoms with van der Waals surface area (Å²) in [5.74, 6) is 0.468. The van der Waals surface area contributed by atoms with E-state index in [0.29, 0.717) is 43.8 Å². The van der Waals surface area contributed by atoms with E-state index in [0.717, 1.165) is 4.68 Å². The lowest BCUT2D eigenvalue weighted by molar-refractivity contribution is -0.142. The summed E-state index contributed by atoms with van der Waals surface area (Å²) in [6, 6.07) is 2.91. The highest BCUT2D eigenvalue weighted by molar-refractivity contribution is 6.42. The molecule has 0 aliphatic rings. The van der Waals surface area contributed by atoms with Crippen molar-refractivity contribution >= 4 is 40.1 Å². The molecule has 1 N–H and O–H groups in total. The van der Waals surface area contributed by atoms with Crippen LogP contribution in [-0.4, -0.2) is 25.9 Å². The van der Waals surface area contributed by atoms with E-state index in [1.54, 1.807) is 26.0 Å². The van der Waals surface area contributed by atoms with Gasteiger partial charge in [-0.2, -0.15) is 18.3 Å². The van der Waals surface area contributed by atoms with Crippen molar-refractivity contribution in [2.24, 2.45) is 0 Å². The first-order valence-electron chi connectivity index (χ1n) is 8.04. The van der Waals surface area contributed by atoms with Gasteiger partial charge in [0.1, 0.15) is 12.4 Å². The average Bonchev–Trinajstić information content (AvgIpc) is 2.81. The lowest BCUT2D eigenvalue weighted by Crippen LogP contribution is -2.20. The Hall–Kier alpha value is -2.06. The number of aryl methyl sites for hydroxylation is 1. The smallest absolute Gasteiger partial charge is 0.362 e. The molecule has 3 rings (SSSR count). The second kappa shape index (κ2) is 7.16. The molecule has 3 aromatic rings. The molecule has 0 saturated heterocycles. The maximum Gasteiger partial charge on any atom is 0.408 e. The summed E-state index contributed by atoms with van der Waals surface area (Å²) >= 11 is 12.0. The zero-order valence-electron chi connectivity index (χ0n) is 14.7. The fourth-order valence-corrected chi connectivity index (χ4v) is 3.35. The summed E-state index contributed by atoms with van der Waals surface area (Å²) in [5, 5.41) is 7.93. The summed E-state index contributed by atoms with van der Waals surface area (Å²) in [6.07, 6.45) is -2.80. The fraction of sp³-hybridized carbons (Fsp3) is 0.353. The van der Waals surface area contributed by atoms with Crippen LogP contribution in [0.3, 0.4) is 0 Å². The Balaban J connectivity index is 1.88. The summed E-state index contributed by atoms with van der Waals surface area (Å²) in [6.45, 7) is 4.01. The largest absolute Gasteiger partial charge is 0.408 e. The minimum Gasteiger partial charge on any atom is -0.362 e. The van der Waals surface area contributed by atoms with Crippen LogP contribution >= 0.6 is 23.2 Å².